The zero-order valence-corrected chi connectivity index (χ0v) is 17.8. The predicted molar refractivity (Wildman–Crippen MR) is 107 cm³/mol. The summed E-state index contributed by atoms with van der Waals surface area (Å²) in [5.41, 5.74) is -0.852. The van der Waals surface area contributed by atoms with Crippen molar-refractivity contribution in [2.24, 2.45) is 0 Å². The van der Waals surface area contributed by atoms with Crippen molar-refractivity contribution < 1.29 is 13.9 Å². The fourth-order valence-corrected chi connectivity index (χ4v) is 4.48. The number of ether oxygens (including phenoxy) is 1. The third-order valence-electron chi connectivity index (χ3n) is 5.51. The van der Waals surface area contributed by atoms with E-state index in [9.17, 15) is 14.0 Å². The number of halogens is 2. The number of nitrogens with zero attached hydrogens (tertiary/aromatic N) is 3. The van der Waals surface area contributed by atoms with Crippen molar-refractivity contribution in [2.45, 2.75) is 63.6 Å². The van der Waals surface area contributed by atoms with Gasteiger partial charge in [-0.2, -0.15) is 0 Å². The van der Waals surface area contributed by atoms with Gasteiger partial charge < -0.3 is 9.64 Å². The number of amides is 1. The molecule has 4 rings (SSSR count). The molecule has 8 heteroatoms. The maximum Gasteiger partial charge on any atom is 0.410 e. The molecule has 0 N–H and O–H groups in total. The smallest absolute Gasteiger partial charge is 0.410 e. The van der Waals surface area contributed by atoms with E-state index in [2.05, 4.69) is 20.9 Å². The highest BCUT2D eigenvalue weighted by Crippen LogP contribution is 2.51. The quantitative estimate of drug-likeness (QED) is 0.644. The number of carbonyl (C=O) groups excluding carboxylic acids is 1. The molecule has 28 heavy (non-hydrogen) atoms. The zero-order valence-electron chi connectivity index (χ0n) is 16.2. The first-order valence-electron chi connectivity index (χ1n) is 9.46. The van der Waals surface area contributed by atoms with Crippen molar-refractivity contribution in [3.05, 3.63) is 39.1 Å². The van der Waals surface area contributed by atoms with Crippen LogP contribution in [0, 0.1) is 5.82 Å². The van der Waals surface area contributed by atoms with Crippen LogP contribution in [0.5, 0.6) is 0 Å². The molecule has 150 valence electrons. The van der Waals surface area contributed by atoms with E-state index in [1.54, 1.807) is 6.07 Å². The van der Waals surface area contributed by atoms with Crippen molar-refractivity contribution in [3.63, 3.8) is 0 Å². The summed E-state index contributed by atoms with van der Waals surface area (Å²) in [5, 5.41) is 0.00474. The molecule has 1 aromatic heterocycles. The third kappa shape index (κ3) is 3.43. The van der Waals surface area contributed by atoms with Gasteiger partial charge in [-0.15, -0.1) is 0 Å². The van der Waals surface area contributed by atoms with E-state index < -0.39 is 11.4 Å². The molecular formula is C20H23BrFN3O3. The molecule has 1 atom stereocenters. The minimum atomic E-state index is -0.580. The molecule has 0 bridgehead atoms. The van der Waals surface area contributed by atoms with E-state index in [-0.39, 0.29) is 28.6 Å². The van der Waals surface area contributed by atoms with Gasteiger partial charge in [0.25, 0.3) is 5.56 Å². The van der Waals surface area contributed by atoms with E-state index >= 15 is 0 Å². The SMILES string of the molecule is CC(C)(C)OC(=O)N1CCC(n2cnc3cc(Br)cc(F)c3c2=O)CC12CC2. The molecule has 1 aromatic carbocycles. The summed E-state index contributed by atoms with van der Waals surface area (Å²) in [6.07, 6.45) is 4.23. The highest BCUT2D eigenvalue weighted by molar-refractivity contribution is 9.10. The van der Waals surface area contributed by atoms with E-state index in [4.69, 9.17) is 4.74 Å². The predicted octanol–water partition coefficient (Wildman–Crippen LogP) is 4.40. The number of carbonyl (C=O) groups is 1. The lowest BCUT2D eigenvalue weighted by Gasteiger charge is -2.41. The van der Waals surface area contributed by atoms with Crippen LogP contribution in [0.1, 0.15) is 52.5 Å². The number of fused-ring (bicyclic) bond motifs is 1. The Morgan fingerprint density at radius 3 is 2.71 bits per heavy atom. The molecule has 1 amide bonds. The van der Waals surface area contributed by atoms with E-state index in [0.29, 0.717) is 29.4 Å². The molecule has 2 fully saturated rings. The maximum atomic E-state index is 14.4. The Morgan fingerprint density at radius 1 is 1.36 bits per heavy atom. The highest BCUT2D eigenvalue weighted by atomic mass is 79.9. The second-order valence-electron chi connectivity index (χ2n) is 8.74. The molecule has 1 saturated carbocycles. The van der Waals surface area contributed by atoms with Crippen molar-refractivity contribution in [1.82, 2.24) is 14.5 Å². The summed E-state index contributed by atoms with van der Waals surface area (Å²) in [4.78, 5) is 31.7. The molecule has 0 radical (unpaired) electrons. The number of hydrogen-bond acceptors (Lipinski definition) is 4. The summed E-state index contributed by atoms with van der Waals surface area (Å²) in [7, 11) is 0. The fourth-order valence-electron chi connectivity index (χ4n) is 4.06. The summed E-state index contributed by atoms with van der Waals surface area (Å²) in [5.74, 6) is -0.580. The lowest BCUT2D eigenvalue weighted by Crippen LogP contribution is -2.50. The van der Waals surface area contributed by atoms with Crippen LogP contribution in [0.25, 0.3) is 10.9 Å². The highest BCUT2D eigenvalue weighted by Gasteiger charge is 2.54. The van der Waals surface area contributed by atoms with Gasteiger partial charge in [0, 0.05) is 22.6 Å². The molecule has 6 nitrogen and oxygen atoms in total. The Morgan fingerprint density at radius 2 is 2.07 bits per heavy atom. The number of benzene rings is 1. The Kier molecular flexibility index (Phi) is 4.52. The van der Waals surface area contributed by atoms with E-state index in [1.165, 1.54) is 17.0 Å². The van der Waals surface area contributed by atoms with Crippen LogP contribution in [0.3, 0.4) is 0 Å². The van der Waals surface area contributed by atoms with Crippen molar-refractivity contribution in [1.29, 1.82) is 0 Å². The number of likely N-dealkylation sites (tertiary alicyclic amines) is 1. The normalized spacial score (nSPS) is 21.2. The largest absolute Gasteiger partial charge is 0.444 e. The number of piperidine rings is 1. The topological polar surface area (TPSA) is 64.4 Å². The van der Waals surface area contributed by atoms with Gasteiger partial charge in [0.1, 0.15) is 16.8 Å². The standard InChI is InChI=1S/C20H23BrFN3O3/c1-19(2,3)28-18(27)25-7-4-13(10-20(25)5-6-20)24-11-23-15-9-12(21)8-14(22)16(15)17(24)26/h8-9,11,13H,4-7,10H2,1-3H3. The summed E-state index contributed by atoms with van der Waals surface area (Å²) in [6, 6.07) is 2.80. The molecule has 1 unspecified atom stereocenters. The molecule has 1 aliphatic heterocycles. The van der Waals surface area contributed by atoms with Gasteiger partial charge in [-0.3, -0.25) is 9.36 Å². The summed E-state index contributed by atoms with van der Waals surface area (Å²) in [6.45, 7) is 6.06. The molecule has 2 aliphatic rings. The van der Waals surface area contributed by atoms with Gasteiger partial charge >= 0.3 is 6.09 Å². The van der Waals surface area contributed by atoms with E-state index in [0.717, 1.165) is 12.8 Å². The summed E-state index contributed by atoms with van der Waals surface area (Å²) >= 11 is 3.23. The summed E-state index contributed by atoms with van der Waals surface area (Å²) < 4.78 is 22.0. The third-order valence-corrected chi connectivity index (χ3v) is 5.97. The van der Waals surface area contributed by atoms with Gasteiger partial charge in [0.15, 0.2) is 0 Å². The first-order chi connectivity index (χ1) is 13.1. The van der Waals surface area contributed by atoms with Gasteiger partial charge in [-0.25, -0.2) is 14.2 Å². The molecule has 2 aromatic rings. The van der Waals surface area contributed by atoms with Gasteiger partial charge in [-0.05, 0) is 58.6 Å². The van der Waals surface area contributed by atoms with Crippen molar-refractivity contribution >= 4 is 32.9 Å². The van der Waals surface area contributed by atoms with Crippen LogP contribution < -0.4 is 5.56 Å². The first-order valence-corrected chi connectivity index (χ1v) is 10.3. The van der Waals surface area contributed by atoms with Gasteiger partial charge in [0.05, 0.1) is 11.8 Å². The average Bonchev–Trinajstić information content (AvgIpc) is 3.32. The molecule has 1 spiro atoms. The Bertz CT molecular complexity index is 1010. The van der Waals surface area contributed by atoms with Crippen LogP contribution >= 0.6 is 15.9 Å². The fraction of sp³-hybridized carbons (Fsp3) is 0.550. The lowest BCUT2D eigenvalue weighted by molar-refractivity contribution is 0.000455. The van der Waals surface area contributed by atoms with Crippen LogP contribution in [0.15, 0.2) is 27.7 Å². The molecular weight excluding hydrogens is 429 g/mol. The van der Waals surface area contributed by atoms with Crippen LogP contribution in [0.4, 0.5) is 9.18 Å². The first kappa shape index (κ1) is 19.4. The zero-order chi connectivity index (χ0) is 20.3. The Balaban J connectivity index is 1.62. The number of hydrogen-bond donors (Lipinski definition) is 0. The van der Waals surface area contributed by atoms with Gasteiger partial charge in [0.2, 0.25) is 0 Å². The second kappa shape index (κ2) is 6.54. The second-order valence-corrected chi connectivity index (χ2v) is 9.66. The Hall–Kier alpha value is -1.96. The number of rotatable bonds is 1. The lowest BCUT2D eigenvalue weighted by atomic mass is 9.95. The number of aromatic nitrogens is 2. The minimum absolute atomic E-state index is 0.00474. The average molecular weight is 452 g/mol. The van der Waals surface area contributed by atoms with Crippen LogP contribution in [-0.4, -0.2) is 38.2 Å². The van der Waals surface area contributed by atoms with Crippen LogP contribution in [-0.2, 0) is 4.74 Å². The van der Waals surface area contributed by atoms with Crippen molar-refractivity contribution in [2.75, 3.05) is 6.54 Å². The monoisotopic (exact) mass is 451 g/mol. The van der Waals surface area contributed by atoms with Crippen molar-refractivity contribution in [3.8, 4) is 0 Å². The molecule has 2 heterocycles. The van der Waals surface area contributed by atoms with Crippen LogP contribution in [0.2, 0.25) is 0 Å². The molecule has 1 aliphatic carbocycles. The van der Waals surface area contributed by atoms with E-state index in [1.807, 2.05) is 25.7 Å². The Labute approximate surface area is 170 Å². The van der Waals surface area contributed by atoms with Gasteiger partial charge in [-0.1, -0.05) is 15.9 Å². The maximum absolute atomic E-state index is 14.4. The molecule has 1 saturated heterocycles. The minimum Gasteiger partial charge on any atom is -0.444 e.